The third-order valence-corrected chi connectivity index (χ3v) is 7.41. The van der Waals surface area contributed by atoms with Crippen LogP contribution in [0.3, 0.4) is 0 Å². The van der Waals surface area contributed by atoms with E-state index in [2.05, 4.69) is 31.8 Å². The van der Waals surface area contributed by atoms with Crippen molar-refractivity contribution in [1.82, 2.24) is 24.6 Å². The fourth-order valence-electron chi connectivity index (χ4n) is 5.19. The average molecular weight is 512 g/mol. The highest BCUT2D eigenvalue weighted by Gasteiger charge is 2.26. The lowest BCUT2D eigenvalue weighted by Gasteiger charge is -2.24. The first-order valence-corrected chi connectivity index (χ1v) is 12.4. The molecule has 192 valence electrons. The highest BCUT2D eigenvalue weighted by molar-refractivity contribution is 5.98. The molecule has 1 unspecified atom stereocenters. The molecule has 5 heterocycles. The SMILES string of the molecule is Cc1c(-c2cc3cc(Nc4cc5n(n4)CC(=O)N(C)CC5)ncc3c(N)c2F)cnc2c1NCCC2C#N. The number of nitriles is 1. The number of carbonyl (C=O) groups excluding carboxylic acids is 1. The molecule has 2 aliphatic rings. The quantitative estimate of drug-likeness (QED) is 0.354. The second kappa shape index (κ2) is 8.99. The van der Waals surface area contributed by atoms with Crippen LogP contribution in [-0.2, 0) is 17.8 Å². The predicted octanol–water partition coefficient (Wildman–Crippen LogP) is 3.70. The number of likely N-dealkylation sites (N-methyl/N-ethyl adjacent to an activating group) is 1. The van der Waals surface area contributed by atoms with Gasteiger partial charge in [0.2, 0.25) is 5.91 Å². The van der Waals surface area contributed by atoms with Gasteiger partial charge >= 0.3 is 0 Å². The van der Waals surface area contributed by atoms with Gasteiger partial charge in [-0.05, 0) is 36.4 Å². The van der Waals surface area contributed by atoms with Crippen molar-refractivity contribution in [2.45, 2.75) is 32.2 Å². The topological polar surface area (TPSA) is 138 Å². The van der Waals surface area contributed by atoms with Crippen LogP contribution in [-0.4, -0.2) is 50.7 Å². The Balaban J connectivity index is 1.37. The van der Waals surface area contributed by atoms with Crippen LogP contribution in [0, 0.1) is 24.1 Å². The molecule has 38 heavy (non-hydrogen) atoms. The van der Waals surface area contributed by atoms with Gasteiger partial charge in [-0.1, -0.05) is 0 Å². The Morgan fingerprint density at radius 1 is 1.21 bits per heavy atom. The van der Waals surface area contributed by atoms with Gasteiger partial charge in [0, 0.05) is 67.2 Å². The summed E-state index contributed by atoms with van der Waals surface area (Å²) >= 11 is 0. The van der Waals surface area contributed by atoms with Crippen molar-refractivity contribution in [3.05, 3.63) is 53.4 Å². The molecule has 0 fully saturated rings. The number of hydrogen-bond donors (Lipinski definition) is 3. The first-order valence-electron chi connectivity index (χ1n) is 12.4. The predicted molar refractivity (Wildman–Crippen MR) is 142 cm³/mol. The zero-order chi connectivity index (χ0) is 26.6. The van der Waals surface area contributed by atoms with Crippen molar-refractivity contribution in [1.29, 1.82) is 5.26 Å². The van der Waals surface area contributed by atoms with Crippen molar-refractivity contribution in [2.75, 3.05) is 36.5 Å². The number of nitrogens with one attached hydrogen (secondary N) is 2. The van der Waals surface area contributed by atoms with Gasteiger partial charge in [-0.3, -0.25) is 14.5 Å². The third-order valence-electron chi connectivity index (χ3n) is 7.41. The monoisotopic (exact) mass is 511 g/mol. The van der Waals surface area contributed by atoms with E-state index in [9.17, 15) is 10.1 Å². The Bertz CT molecular complexity index is 1660. The molecule has 11 heteroatoms. The van der Waals surface area contributed by atoms with E-state index in [1.54, 1.807) is 35.0 Å². The normalized spacial score (nSPS) is 16.8. The molecule has 0 spiro atoms. The van der Waals surface area contributed by atoms with Gasteiger partial charge in [-0.2, -0.15) is 10.4 Å². The number of benzene rings is 1. The van der Waals surface area contributed by atoms with Crippen LogP contribution in [0.4, 0.5) is 27.4 Å². The molecule has 0 saturated heterocycles. The van der Waals surface area contributed by atoms with Gasteiger partial charge < -0.3 is 21.3 Å². The van der Waals surface area contributed by atoms with Crippen molar-refractivity contribution in [3.8, 4) is 17.2 Å². The number of pyridine rings is 2. The van der Waals surface area contributed by atoms with E-state index in [-0.39, 0.29) is 24.1 Å². The Morgan fingerprint density at radius 3 is 2.87 bits per heavy atom. The zero-order valence-corrected chi connectivity index (χ0v) is 21.0. The molecule has 1 amide bonds. The van der Waals surface area contributed by atoms with Crippen LogP contribution in [0.2, 0.25) is 0 Å². The van der Waals surface area contributed by atoms with E-state index in [4.69, 9.17) is 5.73 Å². The molecule has 1 atom stereocenters. The van der Waals surface area contributed by atoms with Gasteiger partial charge in [-0.15, -0.1) is 0 Å². The number of nitrogens with two attached hydrogens (primary N) is 1. The first kappa shape index (κ1) is 23.7. The number of carbonyl (C=O) groups is 1. The third kappa shape index (κ3) is 3.85. The fraction of sp³-hybridized carbons (Fsp3) is 0.296. The summed E-state index contributed by atoms with van der Waals surface area (Å²) < 4.78 is 17.2. The maximum atomic E-state index is 15.5. The highest BCUT2D eigenvalue weighted by atomic mass is 19.1. The molecule has 1 aromatic carbocycles. The van der Waals surface area contributed by atoms with Crippen molar-refractivity contribution in [3.63, 3.8) is 0 Å². The molecule has 2 aliphatic heterocycles. The minimum atomic E-state index is -0.537. The molecular formula is C27H26FN9O. The van der Waals surface area contributed by atoms with Crippen LogP contribution in [0.1, 0.15) is 29.3 Å². The molecule has 6 rings (SSSR count). The number of fused-ring (bicyclic) bond motifs is 3. The van der Waals surface area contributed by atoms with Gasteiger partial charge in [0.25, 0.3) is 0 Å². The van der Waals surface area contributed by atoms with E-state index in [0.717, 1.165) is 16.9 Å². The van der Waals surface area contributed by atoms with Gasteiger partial charge in [0.05, 0.1) is 29.1 Å². The molecule has 4 aromatic rings. The summed E-state index contributed by atoms with van der Waals surface area (Å²) in [6, 6.07) is 7.75. The summed E-state index contributed by atoms with van der Waals surface area (Å²) in [6.07, 6.45) is 4.55. The van der Waals surface area contributed by atoms with E-state index < -0.39 is 5.82 Å². The van der Waals surface area contributed by atoms with Gasteiger partial charge in [0.15, 0.2) is 11.6 Å². The number of hydrogen-bond acceptors (Lipinski definition) is 8. The Morgan fingerprint density at radius 2 is 2.05 bits per heavy atom. The number of nitrogen functional groups attached to an aromatic ring is 1. The summed E-state index contributed by atoms with van der Waals surface area (Å²) in [6.45, 7) is 3.38. The Hall–Kier alpha value is -4.72. The maximum Gasteiger partial charge on any atom is 0.244 e. The van der Waals surface area contributed by atoms with E-state index >= 15 is 4.39 Å². The second-order valence-corrected chi connectivity index (χ2v) is 9.77. The smallest absolute Gasteiger partial charge is 0.244 e. The summed E-state index contributed by atoms with van der Waals surface area (Å²) in [4.78, 5) is 22.8. The van der Waals surface area contributed by atoms with Crippen LogP contribution in [0.15, 0.2) is 30.6 Å². The van der Waals surface area contributed by atoms with Crippen LogP contribution < -0.4 is 16.4 Å². The van der Waals surface area contributed by atoms with Crippen molar-refractivity contribution < 1.29 is 9.18 Å². The van der Waals surface area contributed by atoms with Crippen LogP contribution in [0.25, 0.3) is 21.9 Å². The maximum absolute atomic E-state index is 15.5. The Labute approximate surface area is 218 Å². The summed E-state index contributed by atoms with van der Waals surface area (Å²) in [7, 11) is 1.79. The van der Waals surface area contributed by atoms with Crippen LogP contribution >= 0.6 is 0 Å². The van der Waals surface area contributed by atoms with Crippen molar-refractivity contribution >= 4 is 39.7 Å². The van der Waals surface area contributed by atoms with Crippen molar-refractivity contribution in [2.24, 2.45) is 0 Å². The lowest BCUT2D eigenvalue weighted by Crippen LogP contribution is -2.29. The number of nitrogens with zero attached hydrogens (tertiary/aromatic N) is 6. The summed E-state index contributed by atoms with van der Waals surface area (Å²) in [5.41, 5.74) is 10.4. The van der Waals surface area contributed by atoms with Crippen LogP contribution in [0.5, 0.6) is 0 Å². The molecule has 3 aromatic heterocycles. The molecule has 0 bridgehead atoms. The van der Waals surface area contributed by atoms with E-state index in [1.807, 2.05) is 13.0 Å². The van der Waals surface area contributed by atoms with E-state index in [0.29, 0.717) is 65.2 Å². The largest absolute Gasteiger partial charge is 0.396 e. The van der Waals surface area contributed by atoms with Gasteiger partial charge in [-0.25, -0.2) is 9.37 Å². The standard InChI is InChI=1S/C27H26FN9O/c1-14-19(11-33-27-15(10-29)3-5-31-26(14)27)18-7-16-8-21(32-12-20(16)25(30)24(18)28)34-22-9-17-4-6-36(2)23(38)13-37(17)35-22/h7-9,11-12,15,31H,3-6,13,30H2,1-2H3,(H,32,34,35). The average Bonchev–Trinajstić information content (AvgIpc) is 3.23. The van der Waals surface area contributed by atoms with E-state index in [1.165, 1.54) is 6.20 Å². The highest BCUT2D eigenvalue weighted by Crippen LogP contribution is 2.40. The molecule has 0 saturated carbocycles. The zero-order valence-electron chi connectivity index (χ0n) is 21.0. The number of rotatable bonds is 3. The minimum Gasteiger partial charge on any atom is -0.396 e. The molecular weight excluding hydrogens is 485 g/mol. The summed E-state index contributed by atoms with van der Waals surface area (Å²) in [5, 5.41) is 21.8. The number of anilines is 4. The summed E-state index contributed by atoms with van der Waals surface area (Å²) in [5.74, 6) is 0.280. The number of halogens is 1. The minimum absolute atomic E-state index is 0.00729. The fourth-order valence-corrected chi connectivity index (χ4v) is 5.19. The first-order chi connectivity index (χ1) is 18.3. The van der Waals surface area contributed by atoms with Gasteiger partial charge in [0.1, 0.15) is 12.4 Å². The molecule has 0 aliphatic carbocycles. The molecule has 4 N–H and O–H groups in total. The lowest BCUT2D eigenvalue weighted by molar-refractivity contribution is -0.130. The Kier molecular flexibility index (Phi) is 5.60. The lowest BCUT2D eigenvalue weighted by atomic mass is 9.91. The number of amides is 1. The number of aromatic nitrogens is 4. The molecule has 0 radical (unpaired) electrons. The second-order valence-electron chi connectivity index (χ2n) is 9.77. The molecule has 10 nitrogen and oxygen atoms in total.